The first-order chi connectivity index (χ1) is 15.8. The van der Waals surface area contributed by atoms with Crippen LogP contribution in [0.25, 0.3) is 10.9 Å². The van der Waals surface area contributed by atoms with Crippen LogP contribution in [0.4, 0.5) is 0 Å². The van der Waals surface area contributed by atoms with Crippen molar-refractivity contribution >= 4 is 28.8 Å². The predicted octanol–water partition coefficient (Wildman–Crippen LogP) is 3.47. The van der Waals surface area contributed by atoms with E-state index in [-0.39, 0.29) is 17.9 Å². The van der Waals surface area contributed by atoms with Gasteiger partial charge in [0.25, 0.3) is 5.91 Å². The molecule has 2 unspecified atom stereocenters. The number of fused-ring (bicyclic) bond motifs is 1. The molecule has 1 aromatic carbocycles. The van der Waals surface area contributed by atoms with E-state index >= 15 is 0 Å². The van der Waals surface area contributed by atoms with Crippen LogP contribution in [0.5, 0.6) is 0 Å². The zero-order chi connectivity index (χ0) is 23.6. The fourth-order valence-electron chi connectivity index (χ4n) is 5.34. The summed E-state index contributed by atoms with van der Waals surface area (Å²) in [4.78, 5) is 14.4. The fourth-order valence-corrected chi connectivity index (χ4v) is 5.95. The molecule has 7 nitrogen and oxygen atoms in total. The number of benzene rings is 1. The molecule has 2 aliphatic rings. The van der Waals surface area contributed by atoms with Gasteiger partial charge in [-0.1, -0.05) is 18.0 Å². The highest BCUT2D eigenvalue weighted by Crippen LogP contribution is 2.35. The van der Waals surface area contributed by atoms with Crippen LogP contribution >= 0.6 is 11.9 Å². The number of carbonyl (C=O) groups is 1. The monoisotopic (exact) mass is 474 g/mol. The van der Waals surface area contributed by atoms with Crippen molar-refractivity contribution in [2.75, 3.05) is 26.0 Å². The summed E-state index contributed by atoms with van der Waals surface area (Å²) in [6, 6.07) is 7.05. The Balaban J connectivity index is 1.30. The quantitative estimate of drug-likeness (QED) is 0.598. The van der Waals surface area contributed by atoms with Crippen LogP contribution in [0.2, 0.25) is 0 Å². The number of amides is 1. The molecule has 2 fully saturated rings. The maximum Gasteiger partial charge on any atom is 0.253 e. The van der Waals surface area contributed by atoms with Crippen LogP contribution in [0.3, 0.4) is 0 Å². The number of aliphatic hydroxyl groups is 1. The average Bonchev–Trinajstić information content (AvgIpc) is 3.18. The molecule has 2 N–H and O–H groups in total. The Labute approximate surface area is 201 Å². The molecule has 2 atom stereocenters. The molecule has 2 aromatic rings. The second-order valence-electron chi connectivity index (χ2n) is 10.2. The van der Waals surface area contributed by atoms with Crippen molar-refractivity contribution in [1.29, 1.82) is 0 Å². The van der Waals surface area contributed by atoms with Gasteiger partial charge in [-0.05, 0) is 75.8 Å². The van der Waals surface area contributed by atoms with Gasteiger partial charge in [0.2, 0.25) is 0 Å². The van der Waals surface area contributed by atoms with Gasteiger partial charge in [0.15, 0.2) is 0 Å². The zero-order valence-corrected chi connectivity index (χ0v) is 21.1. The highest BCUT2D eigenvalue weighted by molar-refractivity contribution is 7.96. The van der Waals surface area contributed by atoms with Crippen molar-refractivity contribution < 1.29 is 14.6 Å². The van der Waals surface area contributed by atoms with Gasteiger partial charge in [0, 0.05) is 37.5 Å². The lowest BCUT2D eigenvalue weighted by Crippen LogP contribution is -2.55. The maximum atomic E-state index is 12.6. The van der Waals surface area contributed by atoms with Crippen LogP contribution in [0.1, 0.15) is 57.4 Å². The van der Waals surface area contributed by atoms with Crippen LogP contribution in [0.15, 0.2) is 24.4 Å². The molecule has 2 heterocycles. The SMILES string of the molecule is CSNC1CCN(C(=O)C(C)(C)O)CC1COC1CCC(c2ccc3c(cnn3C)c2)CC1. The van der Waals surface area contributed by atoms with Crippen LogP contribution in [0, 0.1) is 5.92 Å². The van der Waals surface area contributed by atoms with Gasteiger partial charge in [-0.3, -0.25) is 14.2 Å². The summed E-state index contributed by atoms with van der Waals surface area (Å²) in [5.74, 6) is 0.611. The highest BCUT2D eigenvalue weighted by atomic mass is 32.2. The van der Waals surface area contributed by atoms with Crippen LogP contribution in [-0.4, -0.2) is 69.4 Å². The maximum absolute atomic E-state index is 12.6. The molecule has 1 aromatic heterocycles. The molecule has 33 heavy (non-hydrogen) atoms. The van der Waals surface area contributed by atoms with Crippen LogP contribution < -0.4 is 4.72 Å². The van der Waals surface area contributed by atoms with Crippen molar-refractivity contribution in [2.24, 2.45) is 13.0 Å². The minimum atomic E-state index is -1.33. The molecule has 1 saturated heterocycles. The zero-order valence-electron chi connectivity index (χ0n) is 20.3. The van der Waals surface area contributed by atoms with E-state index in [4.69, 9.17) is 4.74 Å². The number of aromatic nitrogens is 2. The topological polar surface area (TPSA) is 79.6 Å². The van der Waals surface area contributed by atoms with E-state index in [0.29, 0.717) is 31.7 Å². The van der Waals surface area contributed by atoms with E-state index in [1.165, 1.54) is 16.5 Å². The summed E-state index contributed by atoms with van der Waals surface area (Å²) in [7, 11) is 1.98. The third-order valence-corrected chi connectivity index (χ3v) is 7.81. The Morgan fingerprint density at radius 3 is 2.73 bits per heavy atom. The van der Waals surface area contributed by atoms with Crippen molar-refractivity contribution in [3.8, 4) is 0 Å². The number of carbonyl (C=O) groups excluding carboxylic acids is 1. The predicted molar refractivity (Wildman–Crippen MR) is 133 cm³/mol. The minimum absolute atomic E-state index is 0.193. The number of hydrogen-bond acceptors (Lipinski definition) is 6. The molecule has 0 bridgehead atoms. The number of nitrogens with one attached hydrogen (secondary N) is 1. The molecular formula is C25H38N4O3S. The van der Waals surface area contributed by atoms with Gasteiger partial charge < -0.3 is 14.7 Å². The molecule has 182 valence electrons. The standard InChI is InChI=1S/C25H38N4O3S/c1-25(2,31)24(30)29-12-11-22(27-33-4)20(15-29)16-32-21-8-5-17(6-9-21)18-7-10-23-19(13-18)14-26-28(23)3/h7,10,13-14,17,20-22,27,31H,5-6,8-9,11-12,15-16H2,1-4H3. The summed E-state index contributed by atoms with van der Waals surface area (Å²) in [6.45, 7) is 5.07. The number of likely N-dealkylation sites (tertiary alicyclic amines) is 1. The Morgan fingerprint density at radius 1 is 1.27 bits per heavy atom. The molecule has 4 rings (SSSR count). The first kappa shape index (κ1) is 24.5. The van der Waals surface area contributed by atoms with Crippen molar-refractivity contribution in [3.63, 3.8) is 0 Å². The van der Waals surface area contributed by atoms with Gasteiger partial charge >= 0.3 is 0 Å². The molecule has 0 spiro atoms. The Kier molecular flexibility index (Phi) is 7.68. The number of rotatable bonds is 7. The molecule has 1 amide bonds. The second-order valence-corrected chi connectivity index (χ2v) is 10.8. The average molecular weight is 475 g/mol. The minimum Gasteiger partial charge on any atom is -0.381 e. The fraction of sp³-hybridized carbons (Fsp3) is 0.680. The first-order valence-corrected chi connectivity index (χ1v) is 13.3. The van der Waals surface area contributed by atoms with E-state index < -0.39 is 5.60 Å². The molecular weight excluding hydrogens is 436 g/mol. The van der Waals surface area contributed by atoms with Crippen LogP contribution in [-0.2, 0) is 16.6 Å². The molecule has 1 saturated carbocycles. The van der Waals surface area contributed by atoms with Gasteiger partial charge in [0.1, 0.15) is 5.60 Å². The largest absolute Gasteiger partial charge is 0.381 e. The Morgan fingerprint density at radius 2 is 2.03 bits per heavy atom. The number of hydrogen-bond donors (Lipinski definition) is 2. The van der Waals surface area contributed by atoms with Crippen molar-refractivity contribution in [2.45, 2.75) is 69.6 Å². The summed E-state index contributed by atoms with van der Waals surface area (Å²) < 4.78 is 11.8. The Hall–Kier alpha value is -1.61. The smallest absolute Gasteiger partial charge is 0.253 e. The van der Waals surface area contributed by atoms with Gasteiger partial charge in [-0.15, -0.1) is 0 Å². The van der Waals surface area contributed by atoms with E-state index in [1.807, 2.05) is 24.2 Å². The summed E-state index contributed by atoms with van der Waals surface area (Å²) in [6.07, 6.45) is 9.54. The summed E-state index contributed by atoms with van der Waals surface area (Å²) in [5, 5.41) is 15.7. The summed E-state index contributed by atoms with van der Waals surface area (Å²) >= 11 is 1.62. The molecule has 8 heteroatoms. The lowest BCUT2D eigenvalue weighted by atomic mass is 9.82. The lowest BCUT2D eigenvalue weighted by Gasteiger charge is -2.41. The number of piperidine rings is 1. The van der Waals surface area contributed by atoms with E-state index in [1.54, 1.807) is 30.7 Å². The second kappa shape index (κ2) is 10.3. The van der Waals surface area contributed by atoms with Crippen molar-refractivity contribution in [3.05, 3.63) is 30.0 Å². The molecule has 0 radical (unpaired) electrons. The number of aryl methyl sites for hydroxylation is 1. The molecule has 1 aliphatic carbocycles. The first-order valence-electron chi connectivity index (χ1n) is 12.1. The van der Waals surface area contributed by atoms with Gasteiger partial charge in [0.05, 0.1) is 24.4 Å². The third-order valence-electron chi connectivity index (χ3n) is 7.28. The number of ether oxygens (including phenoxy) is 1. The lowest BCUT2D eigenvalue weighted by molar-refractivity contribution is -0.150. The van der Waals surface area contributed by atoms with E-state index in [9.17, 15) is 9.90 Å². The summed E-state index contributed by atoms with van der Waals surface area (Å²) in [5.41, 5.74) is 1.25. The molecule has 1 aliphatic heterocycles. The third kappa shape index (κ3) is 5.73. The van der Waals surface area contributed by atoms with E-state index in [0.717, 1.165) is 32.1 Å². The Bertz CT molecular complexity index is 949. The number of nitrogens with zero attached hydrogens (tertiary/aromatic N) is 3. The normalized spacial score (nSPS) is 26.6. The van der Waals surface area contributed by atoms with E-state index in [2.05, 4.69) is 28.0 Å². The van der Waals surface area contributed by atoms with Gasteiger partial charge in [-0.25, -0.2) is 0 Å². The van der Waals surface area contributed by atoms with Crippen molar-refractivity contribution in [1.82, 2.24) is 19.4 Å². The van der Waals surface area contributed by atoms with Gasteiger partial charge in [-0.2, -0.15) is 5.10 Å². The highest BCUT2D eigenvalue weighted by Gasteiger charge is 2.37.